The van der Waals surface area contributed by atoms with Crippen molar-refractivity contribution in [3.8, 4) is 33.8 Å². The van der Waals surface area contributed by atoms with Gasteiger partial charge in [0.2, 0.25) is 31.2 Å². The highest BCUT2D eigenvalue weighted by Gasteiger charge is 2.53. The zero-order valence-electron chi connectivity index (χ0n) is 44.6. The van der Waals surface area contributed by atoms with Crippen molar-refractivity contribution in [2.75, 3.05) is 49.3 Å². The van der Waals surface area contributed by atoms with E-state index in [1.807, 2.05) is 27.7 Å². The molecule has 4 aromatic carbocycles. The number of anilines is 2. The molecule has 0 bridgehead atoms. The molecule has 0 atom stereocenters. The third-order valence-corrected chi connectivity index (χ3v) is 16.2. The first-order valence-corrected chi connectivity index (χ1v) is 28.3. The first-order valence-electron chi connectivity index (χ1n) is 23.8. The summed E-state index contributed by atoms with van der Waals surface area (Å²) in [6, 6.07) is 23.7. The van der Waals surface area contributed by atoms with Crippen LogP contribution in [0, 0.1) is 11.6 Å². The van der Waals surface area contributed by atoms with Crippen molar-refractivity contribution in [2.24, 2.45) is 14.1 Å². The van der Waals surface area contributed by atoms with Crippen molar-refractivity contribution in [1.82, 2.24) is 19.8 Å². The third kappa shape index (κ3) is 12.0. The van der Waals surface area contributed by atoms with Gasteiger partial charge in [-0.15, -0.1) is 0 Å². The summed E-state index contributed by atoms with van der Waals surface area (Å²) in [6.45, 7) is 7.58. The number of hydrogen-bond donors (Lipinski definition) is 2. The zero-order chi connectivity index (χ0) is 57.6. The van der Waals surface area contributed by atoms with Crippen LogP contribution >= 0.6 is 15.9 Å². The number of carbonyl (C=O) groups excluding carboxylic acids is 2. The maximum Gasteiger partial charge on any atom is 0.497 e. The molecular weight excluding hydrogens is 1120 g/mol. The summed E-state index contributed by atoms with van der Waals surface area (Å²) in [7, 11) is 0.909. The molecule has 0 unspecified atom stereocenters. The predicted molar refractivity (Wildman–Crippen MR) is 302 cm³/mol. The summed E-state index contributed by atoms with van der Waals surface area (Å²) >= 11 is 3.24. The normalized spacial score (nSPS) is 13.8. The first kappa shape index (κ1) is 58.3. The molecule has 24 heteroatoms. The quantitative estimate of drug-likeness (QED) is 0.125. The lowest BCUT2D eigenvalue weighted by Gasteiger charge is -2.32. The lowest BCUT2D eigenvalue weighted by atomic mass is 9.77. The summed E-state index contributed by atoms with van der Waals surface area (Å²) in [6.07, 6.45) is 5.48. The molecule has 0 spiro atoms. The Morgan fingerprint density at radius 2 is 1.00 bits per heavy atom. The summed E-state index contributed by atoms with van der Waals surface area (Å²) < 4.78 is 107. The van der Waals surface area contributed by atoms with E-state index >= 15 is 0 Å². The second-order valence-corrected chi connectivity index (χ2v) is 24.2. The minimum atomic E-state index is -3.66. The van der Waals surface area contributed by atoms with Crippen LogP contribution in [0.2, 0.25) is 0 Å². The van der Waals surface area contributed by atoms with Crippen molar-refractivity contribution < 1.29 is 53.3 Å². The predicted octanol–water partition coefficient (Wildman–Crippen LogP) is 7.80. The molecule has 1 aliphatic rings. The number of carbonyl (C=O) groups is 2. The van der Waals surface area contributed by atoms with Crippen LogP contribution in [0.15, 0.2) is 132 Å². The van der Waals surface area contributed by atoms with Gasteiger partial charge in [-0.05, 0) is 116 Å². The van der Waals surface area contributed by atoms with Crippen molar-refractivity contribution in [3.05, 3.63) is 157 Å². The number of nitrogens with zero attached hydrogens (tertiary/aromatic N) is 4. The molecular formula is C54H56BBrF2N6O12S2. The van der Waals surface area contributed by atoms with Crippen molar-refractivity contribution in [1.29, 1.82) is 0 Å². The minimum Gasteiger partial charge on any atom is -0.455 e. The molecule has 2 amide bonds. The van der Waals surface area contributed by atoms with Crippen LogP contribution < -0.4 is 35.8 Å². The molecule has 8 aromatic rings. The number of nitrogens with one attached hydrogen (secondary N) is 2. The van der Waals surface area contributed by atoms with E-state index in [-0.39, 0.29) is 44.9 Å². The van der Waals surface area contributed by atoms with Crippen LogP contribution in [-0.4, -0.2) is 96.8 Å². The average Bonchev–Trinajstić information content (AvgIpc) is 4.12. The number of halogens is 3. The number of benzene rings is 4. The molecule has 18 nitrogen and oxygen atoms in total. The molecule has 2 N–H and O–H groups in total. The summed E-state index contributed by atoms with van der Waals surface area (Å²) in [4.78, 5) is 48.5. The number of pyridine rings is 2. The van der Waals surface area contributed by atoms with Gasteiger partial charge in [0.15, 0.2) is 0 Å². The average molecular weight is 1170 g/mol. The molecule has 9 rings (SSSR count). The Kier molecular flexibility index (Phi) is 16.6. The third-order valence-electron chi connectivity index (χ3n) is 13.4. The van der Waals surface area contributed by atoms with Gasteiger partial charge in [-0.2, -0.15) is 0 Å². The van der Waals surface area contributed by atoms with Crippen LogP contribution in [0.1, 0.15) is 48.4 Å². The molecule has 1 aliphatic heterocycles. The monoisotopic (exact) mass is 1170 g/mol. The highest BCUT2D eigenvalue weighted by molar-refractivity contribution is 9.10. The van der Waals surface area contributed by atoms with E-state index in [4.69, 9.17) is 18.1 Å². The largest absolute Gasteiger partial charge is 0.497 e. The minimum absolute atomic E-state index is 0.0122. The van der Waals surface area contributed by atoms with Gasteiger partial charge >= 0.3 is 7.12 Å². The van der Waals surface area contributed by atoms with Gasteiger partial charge in [0.25, 0.3) is 11.8 Å². The van der Waals surface area contributed by atoms with Gasteiger partial charge in [-0.25, -0.2) is 25.6 Å². The van der Waals surface area contributed by atoms with E-state index in [9.17, 15) is 44.8 Å². The fourth-order valence-corrected chi connectivity index (χ4v) is 9.65. The summed E-state index contributed by atoms with van der Waals surface area (Å²) in [5, 5.41) is 6.09. The summed E-state index contributed by atoms with van der Waals surface area (Å²) in [5.74, 6) is -1.24. The van der Waals surface area contributed by atoms with E-state index in [0.717, 1.165) is 25.6 Å². The number of fused-ring (bicyclic) bond motifs is 2. The second kappa shape index (κ2) is 22.2. The smallest absolute Gasteiger partial charge is 0.455 e. The molecule has 1 fully saturated rings. The van der Waals surface area contributed by atoms with E-state index in [1.54, 1.807) is 56.8 Å². The standard InChI is InChI=1S/C24H28BFN2O6S.C24H22FN3O5S.C6H6BrNO/c1-23(2)24(3,4)34-25(33-23)17-12-16-19(13-18(17)28(6)35(7,30)31)32-21(20(16)22(29)27-5)14-8-10-15(26)11-9-14;1-26-24(30)22-18-11-17(15-7-10-21(29)27(2)13-15)19(28(3)34(4,31)32)12-20(18)33-23(22)14-5-8-16(25)9-6-14;1-8-4-5(7)2-3-6(8)9/h8-13H,1-7H3,(H,27,29);5-13H,1-4H3,(H,26,30);2-4H,1H3. The molecule has 0 saturated carbocycles. The van der Waals surface area contributed by atoms with E-state index in [1.165, 1.54) is 104 Å². The van der Waals surface area contributed by atoms with Crippen molar-refractivity contribution in [2.45, 2.75) is 38.9 Å². The van der Waals surface area contributed by atoms with Gasteiger partial charge in [0.1, 0.15) is 34.3 Å². The Labute approximate surface area is 457 Å². The van der Waals surface area contributed by atoms with Gasteiger partial charge < -0.3 is 37.9 Å². The Hall–Kier alpha value is -7.38. The number of hydrogen-bond acceptors (Lipinski definition) is 12. The van der Waals surface area contributed by atoms with E-state index in [2.05, 4.69) is 26.6 Å². The fourth-order valence-electron chi connectivity index (χ4n) is 8.18. The lowest BCUT2D eigenvalue weighted by molar-refractivity contribution is 0.00578. The van der Waals surface area contributed by atoms with Gasteiger partial charge in [-0.3, -0.25) is 27.8 Å². The molecule has 5 heterocycles. The molecule has 4 aromatic heterocycles. The van der Waals surface area contributed by atoms with E-state index < -0.39 is 61.8 Å². The van der Waals surface area contributed by atoms with Gasteiger partial charge in [0.05, 0.1) is 46.2 Å². The SMILES string of the molecule is CNC(=O)c1c(-c2ccc(F)cc2)oc2cc(N(C)S(C)(=O)=O)c(-c3ccc(=O)n(C)c3)cc12.CNC(=O)c1c(-c2ccc(F)cc2)oc2cc(N(C)S(C)(=O)=O)c(B3OC(C)(C)C(C)(C)O3)cc12.Cn1cc(Br)ccc1=O. The van der Waals surface area contributed by atoms with E-state index in [0.29, 0.717) is 49.9 Å². The van der Waals surface area contributed by atoms with Crippen LogP contribution in [0.5, 0.6) is 0 Å². The maximum atomic E-state index is 13.5. The topological polar surface area (TPSA) is 222 Å². The Morgan fingerprint density at radius 3 is 1.41 bits per heavy atom. The highest BCUT2D eigenvalue weighted by atomic mass is 79.9. The molecule has 78 heavy (non-hydrogen) atoms. The maximum absolute atomic E-state index is 13.5. The number of rotatable bonds is 10. The van der Waals surface area contributed by atoms with Crippen LogP contribution in [-0.2, 0) is 43.5 Å². The number of sulfonamides is 2. The van der Waals surface area contributed by atoms with Crippen LogP contribution in [0.25, 0.3) is 55.7 Å². The Bertz CT molecular complexity index is 3980. The zero-order valence-corrected chi connectivity index (χ0v) is 47.8. The van der Waals surface area contributed by atoms with Gasteiger partial charge in [0, 0.05) is 122 Å². The lowest BCUT2D eigenvalue weighted by Crippen LogP contribution is -2.41. The number of amides is 2. The molecule has 410 valence electrons. The molecule has 0 aliphatic carbocycles. The first-order chi connectivity index (χ1) is 36.4. The number of furan rings is 2. The summed E-state index contributed by atoms with van der Waals surface area (Å²) in [5.41, 5.74) is 2.52. The molecule has 0 radical (unpaired) electrons. The second-order valence-electron chi connectivity index (χ2n) is 19.3. The van der Waals surface area contributed by atoms with Gasteiger partial charge in [-0.1, -0.05) is 0 Å². The molecule has 1 saturated heterocycles. The number of aromatic nitrogens is 2. The van der Waals surface area contributed by atoms with Crippen molar-refractivity contribution in [3.63, 3.8) is 0 Å². The van der Waals surface area contributed by atoms with Crippen LogP contribution in [0.4, 0.5) is 20.2 Å². The fraction of sp³-hybridized carbons (Fsp3) is 0.259. The Morgan fingerprint density at radius 1 is 0.603 bits per heavy atom. The van der Waals surface area contributed by atoms with Crippen molar-refractivity contribution >= 4 is 93.7 Å². The Balaban J connectivity index is 0.000000195. The van der Waals surface area contributed by atoms with Crippen LogP contribution in [0.3, 0.4) is 0 Å². The number of aryl methyl sites for hydroxylation is 2. The highest BCUT2D eigenvalue weighted by Crippen LogP contribution is 2.43.